The maximum atomic E-state index is 6.74. The number of nitrogens with zero attached hydrogens (tertiary/aromatic N) is 2. The van der Waals surface area contributed by atoms with E-state index in [2.05, 4.69) is 95.5 Å². The number of fused-ring (bicyclic) bond motifs is 5. The summed E-state index contributed by atoms with van der Waals surface area (Å²) in [7, 11) is 0. The van der Waals surface area contributed by atoms with E-state index in [1.807, 2.05) is 0 Å². The molecule has 3 aromatic rings. The van der Waals surface area contributed by atoms with Gasteiger partial charge in [-0.2, -0.15) is 5.10 Å². The predicted octanol–water partition coefficient (Wildman–Crippen LogP) is 6.43. The third kappa shape index (κ3) is 3.17. The van der Waals surface area contributed by atoms with Gasteiger partial charge in [0.15, 0.2) is 0 Å². The Labute approximate surface area is 191 Å². The first kappa shape index (κ1) is 19.3. The van der Waals surface area contributed by atoms with Gasteiger partial charge in [0.05, 0.1) is 24.0 Å². The van der Waals surface area contributed by atoms with E-state index in [0.717, 1.165) is 35.2 Å². The molecule has 3 heterocycles. The van der Waals surface area contributed by atoms with E-state index < -0.39 is 5.72 Å². The molecule has 2 atom stereocenters. The summed E-state index contributed by atoms with van der Waals surface area (Å²) < 4.78 is 13.8. The minimum absolute atomic E-state index is 0.164. The van der Waals surface area contributed by atoms with Crippen molar-refractivity contribution in [3.05, 3.63) is 76.3 Å². The number of ether oxygens (including phenoxy) is 2. The van der Waals surface area contributed by atoms with E-state index >= 15 is 0 Å². The second-order valence-electron chi connectivity index (χ2n) is 9.44. The fourth-order valence-corrected chi connectivity index (χ4v) is 5.75. The van der Waals surface area contributed by atoms with Gasteiger partial charge in [-0.05, 0) is 54.4 Å². The monoisotopic (exact) mass is 476 g/mol. The second-order valence-corrected chi connectivity index (χ2v) is 10.4. The van der Waals surface area contributed by atoms with E-state index in [1.165, 1.54) is 21.9 Å². The van der Waals surface area contributed by atoms with Crippen molar-refractivity contribution in [3.63, 3.8) is 0 Å². The number of benzene rings is 3. The molecule has 1 spiro atoms. The Morgan fingerprint density at radius 1 is 1.03 bits per heavy atom. The van der Waals surface area contributed by atoms with Crippen molar-refractivity contribution < 1.29 is 9.47 Å². The average Bonchev–Trinajstić information content (AvgIpc) is 3.20. The van der Waals surface area contributed by atoms with Crippen LogP contribution in [0, 0.1) is 0 Å². The summed E-state index contributed by atoms with van der Waals surface area (Å²) in [6.07, 6.45) is 2.45. The summed E-state index contributed by atoms with van der Waals surface area (Å²) in [4.78, 5) is 0. The lowest BCUT2D eigenvalue weighted by Gasteiger charge is -2.52. The van der Waals surface area contributed by atoms with Gasteiger partial charge < -0.3 is 9.47 Å². The summed E-state index contributed by atoms with van der Waals surface area (Å²) >= 11 is 3.65. The molecule has 3 aromatic carbocycles. The zero-order valence-electron chi connectivity index (χ0n) is 17.8. The smallest absolute Gasteiger partial charge is 0.203 e. The van der Waals surface area contributed by atoms with Crippen LogP contribution in [-0.2, 0) is 4.74 Å². The molecule has 0 radical (unpaired) electrons. The van der Waals surface area contributed by atoms with Crippen LogP contribution in [0.15, 0.2) is 70.2 Å². The number of hydrogen-bond donors (Lipinski definition) is 0. The molecule has 0 unspecified atom stereocenters. The van der Waals surface area contributed by atoms with Gasteiger partial charge in [0, 0.05) is 29.3 Å². The molecule has 31 heavy (non-hydrogen) atoms. The van der Waals surface area contributed by atoms with Gasteiger partial charge >= 0.3 is 0 Å². The van der Waals surface area contributed by atoms with E-state index in [-0.39, 0.29) is 11.6 Å². The minimum atomic E-state index is -0.480. The molecular formula is C26H25BrN2O2. The largest absolute Gasteiger partial charge is 0.466 e. The lowest BCUT2D eigenvalue weighted by molar-refractivity contribution is -0.212. The number of hydrazone groups is 1. The van der Waals surface area contributed by atoms with Gasteiger partial charge in [0.25, 0.3) is 0 Å². The van der Waals surface area contributed by atoms with Gasteiger partial charge in [-0.15, -0.1) is 0 Å². The Kier molecular flexibility index (Phi) is 4.25. The van der Waals surface area contributed by atoms with Crippen molar-refractivity contribution in [2.75, 3.05) is 6.61 Å². The molecule has 0 saturated carbocycles. The molecule has 0 amide bonds. The molecule has 1 saturated heterocycles. The van der Waals surface area contributed by atoms with Crippen LogP contribution >= 0.6 is 15.9 Å². The Morgan fingerprint density at radius 3 is 2.71 bits per heavy atom. The average molecular weight is 477 g/mol. The lowest BCUT2D eigenvalue weighted by atomic mass is 9.86. The molecule has 4 nitrogen and oxygen atoms in total. The topological polar surface area (TPSA) is 34.1 Å². The van der Waals surface area contributed by atoms with Crippen LogP contribution in [-0.4, -0.2) is 28.7 Å². The molecule has 1 fully saturated rings. The maximum absolute atomic E-state index is 6.74. The number of rotatable bonds is 1. The van der Waals surface area contributed by atoms with Crippen molar-refractivity contribution in [1.82, 2.24) is 5.01 Å². The third-order valence-electron chi connectivity index (χ3n) is 6.73. The molecule has 0 aliphatic carbocycles. The highest BCUT2D eigenvalue weighted by molar-refractivity contribution is 9.10. The minimum Gasteiger partial charge on any atom is -0.466 e. The van der Waals surface area contributed by atoms with Crippen molar-refractivity contribution in [2.45, 2.75) is 50.5 Å². The summed E-state index contributed by atoms with van der Waals surface area (Å²) in [5, 5.41) is 9.96. The molecule has 158 valence electrons. The first-order valence-electron chi connectivity index (χ1n) is 10.9. The fourth-order valence-electron chi connectivity index (χ4n) is 5.37. The van der Waals surface area contributed by atoms with E-state index in [9.17, 15) is 0 Å². The molecule has 3 aliphatic rings. The van der Waals surface area contributed by atoms with Gasteiger partial charge in [0.2, 0.25) is 5.72 Å². The lowest BCUT2D eigenvalue weighted by Crippen LogP contribution is -2.60. The Balaban J connectivity index is 1.47. The fraction of sp³-hybridized carbons (Fsp3) is 0.346. The molecule has 5 heteroatoms. The highest BCUT2D eigenvalue weighted by Crippen LogP contribution is 2.52. The van der Waals surface area contributed by atoms with Gasteiger partial charge in [-0.25, -0.2) is 5.01 Å². The van der Waals surface area contributed by atoms with Crippen molar-refractivity contribution in [2.24, 2.45) is 5.10 Å². The van der Waals surface area contributed by atoms with Gasteiger partial charge in [-0.1, -0.05) is 52.3 Å². The van der Waals surface area contributed by atoms with Crippen LogP contribution < -0.4 is 4.74 Å². The first-order chi connectivity index (χ1) is 14.9. The van der Waals surface area contributed by atoms with Crippen molar-refractivity contribution >= 4 is 32.4 Å². The summed E-state index contributed by atoms with van der Waals surface area (Å²) in [5.74, 6) is 0.970. The first-order valence-corrected chi connectivity index (χ1v) is 11.7. The summed E-state index contributed by atoms with van der Waals surface area (Å²) in [6.45, 7) is 4.96. The van der Waals surface area contributed by atoms with Crippen molar-refractivity contribution in [1.29, 1.82) is 0 Å². The molecule has 0 bridgehead atoms. The van der Waals surface area contributed by atoms with Crippen LogP contribution in [0.4, 0.5) is 0 Å². The molecule has 6 rings (SSSR count). The van der Waals surface area contributed by atoms with E-state index in [4.69, 9.17) is 14.6 Å². The van der Waals surface area contributed by atoms with Crippen LogP contribution in [0.5, 0.6) is 5.75 Å². The van der Waals surface area contributed by atoms with Crippen molar-refractivity contribution in [3.8, 4) is 5.75 Å². The number of halogens is 1. The zero-order valence-corrected chi connectivity index (χ0v) is 19.4. The summed E-state index contributed by atoms with van der Waals surface area (Å²) in [5.41, 5.74) is 2.77. The highest BCUT2D eigenvalue weighted by Gasteiger charge is 2.54. The van der Waals surface area contributed by atoms with E-state index in [0.29, 0.717) is 6.61 Å². The highest BCUT2D eigenvalue weighted by atomic mass is 79.9. The SMILES string of the molecule is CC1(C)C[C@@]2(CCO1)Oc1ccc(Br)cc1[C@@H]1CC(c3ccc4ccccc4c3)=NN12. The van der Waals surface area contributed by atoms with E-state index in [1.54, 1.807) is 0 Å². The maximum Gasteiger partial charge on any atom is 0.203 e. The standard InChI is InChI=1S/C26H25BrN2O2/c1-25(2)16-26(11-12-30-25)29-23(21-14-20(27)9-10-24(21)31-26)15-22(28-29)19-8-7-17-5-3-4-6-18(17)13-19/h3-10,13-14,23H,11-12,15-16H2,1-2H3/t23-,26+/m0/s1. The Bertz CT molecular complexity index is 1220. The Hall–Kier alpha value is -2.37. The predicted molar refractivity (Wildman–Crippen MR) is 126 cm³/mol. The van der Waals surface area contributed by atoms with Gasteiger partial charge in [-0.3, -0.25) is 0 Å². The van der Waals surface area contributed by atoms with Crippen LogP contribution in [0.2, 0.25) is 0 Å². The normalized spacial score (nSPS) is 26.4. The molecular weight excluding hydrogens is 452 g/mol. The Morgan fingerprint density at radius 2 is 1.87 bits per heavy atom. The molecule has 0 aromatic heterocycles. The quantitative estimate of drug-likeness (QED) is 0.405. The van der Waals surface area contributed by atoms with Crippen LogP contribution in [0.25, 0.3) is 10.8 Å². The second kappa shape index (κ2) is 6.81. The van der Waals surface area contributed by atoms with Gasteiger partial charge in [0.1, 0.15) is 5.75 Å². The van der Waals surface area contributed by atoms with Crippen LogP contribution in [0.1, 0.15) is 50.3 Å². The zero-order chi connectivity index (χ0) is 21.2. The number of hydrogen-bond acceptors (Lipinski definition) is 4. The third-order valence-corrected chi connectivity index (χ3v) is 7.22. The molecule has 0 N–H and O–H groups in total. The molecule has 3 aliphatic heterocycles. The van der Waals surface area contributed by atoms with Crippen LogP contribution in [0.3, 0.4) is 0 Å². The summed E-state index contributed by atoms with van der Waals surface area (Å²) in [6, 6.07) is 21.6.